The molecular weight excluding hydrogens is 256 g/mol. The lowest BCUT2D eigenvalue weighted by molar-refractivity contribution is -0.127. The van der Waals surface area contributed by atoms with Crippen LogP contribution in [-0.2, 0) is 16.6 Å². The third-order valence-corrected chi connectivity index (χ3v) is 5.02. The second-order valence-electron chi connectivity index (χ2n) is 6.67. The molecule has 2 rings (SSSR count). The molecule has 0 aromatic carbocycles. The van der Waals surface area contributed by atoms with Gasteiger partial charge in [-0.2, -0.15) is 0 Å². The van der Waals surface area contributed by atoms with Crippen molar-refractivity contribution < 1.29 is 4.79 Å². The van der Waals surface area contributed by atoms with Gasteiger partial charge in [0.1, 0.15) is 10.8 Å². The fourth-order valence-corrected chi connectivity index (χ4v) is 3.73. The van der Waals surface area contributed by atoms with Crippen molar-refractivity contribution >= 4 is 17.1 Å². The van der Waals surface area contributed by atoms with E-state index in [9.17, 15) is 4.79 Å². The zero-order chi connectivity index (χ0) is 14.1. The van der Waals surface area contributed by atoms with Crippen LogP contribution in [0.4, 0.5) is 0 Å². The molecule has 3 nitrogen and oxygen atoms in total. The largest absolute Gasteiger partial charge is 0.329 e. The van der Waals surface area contributed by atoms with E-state index in [1.165, 1.54) is 0 Å². The Morgan fingerprint density at radius 1 is 1.42 bits per heavy atom. The van der Waals surface area contributed by atoms with Crippen LogP contribution in [0.25, 0.3) is 0 Å². The Kier molecular flexibility index (Phi) is 4.11. The summed E-state index contributed by atoms with van der Waals surface area (Å²) in [5.74, 6) is 0.294. The van der Waals surface area contributed by atoms with Crippen LogP contribution in [0, 0.1) is 5.41 Å². The van der Waals surface area contributed by atoms with E-state index in [2.05, 4.69) is 31.1 Å². The van der Waals surface area contributed by atoms with Crippen molar-refractivity contribution in [2.45, 2.75) is 58.3 Å². The highest BCUT2D eigenvalue weighted by molar-refractivity contribution is 7.09. The number of ketones is 1. The first-order valence-corrected chi connectivity index (χ1v) is 7.94. The summed E-state index contributed by atoms with van der Waals surface area (Å²) in [6.45, 7) is 6.92. The Hall–Kier alpha value is -0.740. The van der Waals surface area contributed by atoms with Crippen LogP contribution < -0.4 is 5.73 Å². The average molecular weight is 280 g/mol. The van der Waals surface area contributed by atoms with E-state index in [1.807, 2.05) is 0 Å². The van der Waals surface area contributed by atoms with E-state index in [4.69, 9.17) is 5.73 Å². The standard InChI is InChI=1S/C15H24N2OS/c1-14(2,3)11-9-19-13(17-11)8-12(18)15(10-16)6-4-5-7-15/h9H,4-8,10,16H2,1-3H3. The maximum atomic E-state index is 12.5. The molecule has 1 aromatic rings. The molecule has 0 spiro atoms. The summed E-state index contributed by atoms with van der Waals surface area (Å²) in [5, 5.41) is 3.02. The molecule has 19 heavy (non-hydrogen) atoms. The monoisotopic (exact) mass is 280 g/mol. The fraction of sp³-hybridized carbons (Fsp3) is 0.733. The third-order valence-electron chi connectivity index (χ3n) is 4.17. The molecule has 106 valence electrons. The van der Waals surface area contributed by atoms with E-state index in [0.717, 1.165) is 36.4 Å². The first-order valence-electron chi connectivity index (χ1n) is 7.06. The number of aromatic nitrogens is 1. The summed E-state index contributed by atoms with van der Waals surface area (Å²) < 4.78 is 0. The lowest BCUT2D eigenvalue weighted by Crippen LogP contribution is -2.37. The minimum atomic E-state index is -0.256. The summed E-state index contributed by atoms with van der Waals surface area (Å²) in [6.07, 6.45) is 4.64. The topological polar surface area (TPSA) is 56.0 Å². The Morgan fingerprint density at radius 2 is 2.05 bits per heavy atom. The third kappa shape index (κ3) is 3.06. The zero-order valence-electron chi connectivity index (χ0n) is 12.2. The lowest BCUT2D eigenvalue weighted by atomic mass is 9.80. The first-order chi connectivity index (χ1) is 8.87. The molecule has 4 heteroatoms. The van der Waals surface area contributed by atoms with Gasteiger partial charge in [0.15, 0.2) is 0 Å². The molecule has 1 saturated carbocycles. The number of hydrogen-bond acceptors (Lipinski definition) is 4. The Morgan fingerprint density at radius 3 is 2.53 bits per heavy atom. The Labute approximate surface area is 119 Å². The van der Waals surface area contributed by atoms with Crippen molar-refractivity contribution in [2.24, 2.45) is 11.1 Å². The number of rotatable bonds is 4. The van der Waals surface area contributed by atoms with Crippen LogP contribution >= 0.6 is 11.3 Å². The van der Waals surface area contributed by atoms with Crippen LogP contribution in [0.3, 0.4) is 0 Å². The molecule has 0 aliphatic heterocycles. The molecule has 0 radical (unpaired) electrons. The van der Waals surface area contributed by atoms with E-state index >= 15 is 0 Å². The van der Waals surface area contributed by atoms with Gasteiger partial charge in [0.25, 0.3) is 0 Å². The van der Waals surface area contributed by atoms with E-state index in [0.29, 0.717) is 18.7 Å². The molecule has 0 saturated heterocycles. The molecule has 0 unspecified atom stereocenters. The normalized spacial score (nSPS) is 18.7. The zero-order valence-corrected chi connectivity index (χ0v) is 13.0. The van der Waals surface area contributed by atoms with E-state index in [1.54, 1.807) is 11.3 Å². The molecule has 2 N–H and O–H groups in total. The number of nitrogens with zero attached hydrogens (tertiary/aromatic N) is 1. The molecule has 1 aliphatic carbocycles. The Bertz CT molecular complexity index is 453. The smallest absolute Gasteiger partial charge is 0.147 e. The van der Waals surface area contributed by atoms with Gasteiger partial charge in [0, 0.05) is 22.8 Å². The molecule has 0 atom stereocenters. The lowest BCUT2D eigenvalue weighted by Gasteiger charge is -2.24. The van der Waals surface area contributed by atoms with E-state index < -0.39 is 0 Å². The fourth-order valence-electron chi connectivity index (χ4n) is 2.71. The number of nitrogens with two attached hydrogens (primary N) is 1. The van der Waals surface area contributed by atoms with Gasteiger partial charge in [-0.25, -0.2) is 4.98 Å². The predicted molar refractivity (Wildman–Crippen MR) is 79.5 cm³/mol. The summed E-state index contributed by atoms with van der Waals surface area (Å²) in [7, 11) is 0. The van der Waals surface area contributed by atoms with Gasteiger partial charge in [-0.1, -0.05) is 33.6 Å². The van der Waals surface area contributed by atoms with Crippen LogP contribution in [-0.4, -0.2) is 17.3 Å². The maximum absolute atomic E-state index is 12.5. The van der Waals surface area contributed by atoms with Crippen LogP contribution in [0.2, 0.25) is 0 Å². The summed E-state index contributed by atoms with van der Waals surface area (Å²) in [6, 6.07) is 0. The van der Waals surface area contributed by atoms with Crippen molar-refractivity contribution in [3.8, 4) is 0 Å². The molecule has 1 aromatic heterocycles. The molecule has 0 bridgehead atoms. The Balaban J connectivity index is 2.09. The molecular formula is C15H24N2OS. The maximum Gasteiger partial charge on any atom is 0.147 e. The highest BCUT2D eigenvalue weighted by Crippen LogP contribution is 2.39. The van der Waals surface area contributed by atoms with Gasteiger partial charge in [-0.15, -0.1) is 11.3 Å². The highest BCUT2D eigenvalue weighted by Gasteiger charge is 2.39. The molecule has 0 amide bonds. The van der Waals surface area contributed by atoms with Crippen LogP contribution in [0.5, 0.6) is 0 Å². The molecule has 1 heterocycles. The van der Waals surface area contributed by atoms with Gasteiger partial charge < -0.3 is 5.73 Å². The summed E-state index contributed by atoms with van der Waals surface area (Å²) in [4.78, 5) is 17.1. The van der Waals surface area contributed by atoms with Gasteiger partial charge in [-0.05, 0) is 12.8 Å². The van der Waals surface area contributed by atoms with Gasteiger partial charge >= 0.3 is 0 Å². The quantitative estimate of drug-likeness (QED) is 0.922. The second-order valence-corrected chi connectivity index (χ2v) is 7.61. The van der Waals surface area contributed by atoms with Gasteiger partial charge in [0.05, 0.1) is 12.1 Å². The van der Waals surface area contributed by atoms with Crippen molar-refractivity contribution in [1.29, 1.82) is 0 Å². The van der Waals surface area contributed by atoms with Crippen molar-refractivity contribution in [3.05, 3.63) is 16.1 Å². The summed E-state index contributed by atoms with van der Waals surface area (Å²) in [5.41, 5.74) is 6.73. The number of hydrogen-bond donors (Lipinski definition) is 1. The number of carbonyl (C=O) groups is 1. The second kappa shape index (κ2) is 5.33. The minimum Gasteiger partial charge on any atom is -0.329 e. The number of Topliss-reactive ketones (excluding diaryl/α,β-unsaturated/α-hetero) is 1. The first kappa shape index (κ1) is 14.7. The highest BCUT2D eigenvalue weighted by atomic mass is 32.1. The summed E-state index contributed by atoms with van der Waals surface area (Å²) >= 11 is 1.60. The van der Waals surface area contributed by atoms with Gasteiger partial charge in [0.2, 0.25) is 0 Å². The van der Waals surface area contributed by atoms with Gasteiger partial charge in [-0.3, -0.25) is 4.79 Å². The number of carbonyl (C=O) groups excluding carboxylic acids is 1. The predicted octanol–water partition coefficient (Wildman–Crippen LogP) is 3.07. The van der Waals surface area contributed by atoms with Crippen molar-refractivity contribution in [3.63, 3.8) is 0 Å². The van der Waals surface area contributed by atoms with Crippen LogP contribution in [0.1, 0.15) is 57.2 Å². The number of thiazole rings is 1. The van der Waals surface area contributed by atoms with Crippen molar-refractivity contribution in [2.75, 3.05) is 6.54 Å². The molecule has 1 fully saturated rings. The van der Waals surface area contributed by atoms with Crippen molar-refractivity contribution in [1.82, 2.24) is 4.98 Å². The SMILES string of the molecule is CC(C)(C)c1csc(CC(=O)C2(CN)CCCC2)n1. The minimum absolute atomic E-state index is 0.0523. The average Bonchev–Trinajstić information content (AvgIpc) is 2.96. The molecule has 1 aliphatic rings. The van der Waals surface area contributed by atoms with Crippen LogP contribution in [0.15, 0.2) is 5.38 Å². The van der Waals surface area contributed by atoms with E-state index in [-0.39, 0.29) is 10.8 Å².